The number of hydrogen-bond donors (Lipinski definition) is 1. The van der Waals surface area contributed by atoms with Crippen molar-refractivity contribution in [2.75, 3.05) is 30.6 Å². The molecule has 0 spiro atoms. The number of hydrogen-bond acceptors (Lipinski definition) is 5. The Morgan fingerprint density at radius 1 is 1.32 bits per heavy atom. The van der Waals surface area contributed by atoms with E-state index in [4.69, 9.17) is 9.47 Å². The van der Waals surface area contributed by atoms with Crippen molar-refractivity contribution in [3.8, 4) is 11.5 Å². The summed E-state index contributed by atoms with van der Waals surface area (Å²) in [5.41, 5.74) is 1.26. The van der Waals surface area contributed by atoms with Crippen molar-refractivity contribution in [1.82, 2.24) is 5.32 Å². The van der Waals surface area contributed by atoms with Crippen LogP contribution in [0.15, 0.2) is 18.2 Å². The second kappa shape index (κ2) is 6.29. The molecule has 19 heavy (non-hydrogen) atoms. The summed E-state index contributed by atoms with van der Waals surface area (Å²) < 4.78 is 10.8. The second-order valence-electron chi connectivity index (χ2n) is 4.81. The van der Waals surface area contributed by atoms with E-state index >= 15 is 0 Å². The Morgan fingerprint density at radius 2 is 2.21 bits per heavy atom. The Balaban J connectivity index is 1.56. The highest BCUT2D eigenvalue weighted by molar-refractivity contribution is 8.06. The minimum absolute atomic E-state index is 0.344. The van der Waals surface area contributed by atoms with E-state index < -0.39 is 0 Å². The van der Waals surface area contributed by atoms with Gasteiger partial charge in [-0.25, -0.2) is 0 Å². The van der Waals surface area contributed by atoms with Crippen LogP contribution in [-0.2, 0) is 0 Å². The van der Waals surface area contributed by atoms with Gasteiger partial charge in [0.25, 0.3) is 0 Å². The Labute approximate surface area is 122 Å². The molecule has 3 nitrogen and oxygen atoms in total. The highest BCUT2D eigenvalue weighted by Gasteiger charge is 2.18. The van der Waals surface area contributed by atoms with Crippen LogP contribution in [0, 0.1) is 0 Å². The highest BCUT2D eigenvalue weighted by Crippen LogP contribution is 2.34. The maximum atomic E-state index is 5.43. The van der Waals surface area contributed by atoms with Gasteiger partial charge in [0.2, 0.25) is 6.79 Å². The monoisotopic (exact) mass is 297 g/mol. The molecular weight excluding hydrogens is 278 g/mol. The van der Waals surface area contributed by atoms with Gasteiger partial charge in [0, 0.05) is 35.1 Å². The fourth-order valence-electron chi connectivity index (χ4n) is 2.26. The minimum Gasteiger partial charge on any atom is -0.454 e. The predicted molar refractivity (Wildman–Crippen MR) is 82.6 cm³/mol. The highest BCUT2D eigenvalue weighted by atomic mass is 32.2. The van der Waals surface area contributed by atoms with Crippen LogP contribution in [0.4, 0.5) is 0 Å². The molecular formula is C14H19NO2S2. The van der Waals surface area contributed by atoms with E-state index in [9.17, 15) is 0 Å². The summed E-state index contributed by atoms with van der Waals surface area (Å²) in [6.45, 7) is 3.63. The quantitative estimate of drug-likeness (QED) is 0.923. The van der Waals surface area contributed by atoms with Gasteiger partial charge < -0.3 is 14.8 Å². The smallest absolute Gasteiger partial charge is 0.231 e. The average molecular weight is 297 g/mol. The molecule has 2 atom stereocenters. The molecule has 1 N–H and O–H groups in total. The maximum absolute atomic E-state index is 5.43. The number of ether oxygens (including phenoxy) is 2. The summed E-state index contributed by atoms with van der Waals surface area (Å²) in [6.07, 6.45) is 0. The van der Waals surface area contributed by atoms with Gasteiger partial charge >= 0.3 is 0 Å². The van der Waals surface area contributed by atoms with E-state index in [0.29, 0.717) is 12.8 Å². The van der Waals surface area contributed by atoms with E-state index in [1.54, 1.807) is 0 Å². The van der Waals surface area contributed by atoms with Crippen LogP contribution in [0.1, 0.15) is 18.5 Å². The third kappa shape index (κ3) is 3.33. The lowest BCUT2D eigenvalue weighted by Crippen LogP contribution is -2.30. The third-order valence-corrected chi connectivity index (χ3v) is 6.28. The molecule has 2 aliphatic heterocycles. The number of fused-ring (bicyclic) bond motifs is 1. The van der Waals surface area contributed by atoms with Gasteiger partial charge in [-0.2, -0.15) is 23.5 Å². The number of nitrogens with one attached hydrogen (secondary N) is 1. The van der Waals surface area contributed by atoms with Gasteiger partial charge in [0.1, 0.15) is 0 Å². The Hall–Kier alpha value is -0.520. The molecule has 1 fully saturated rings. The summed E-state index contributed by atoms with van der Waals surface area (Å²) >= 11 is 4.16. The zero-order valence-corrected chi connectivity index (χ0v) is 12.7. The first-order chi connectivity index (χ1) is 9.33. The van der Waals surface area contributed by atoms with Gasteiger partial charge in [-0.3, -0.25) is 0 Å². The maximum Gasteiger partial charge on any atom is 0.231 e. The van der Waals surface area contributed by atoms with E-state index in [-0.39, 0.29) is 0 Å². The summed E-state index contributed by atoms with van der Waals surface area (Å²) in [7, 11) is 0. The second-order valence-corrected chi connectivity index (χ2v) is 7.37. The van der Waals surface area contributed by atoms with Crippen molar-refractivity contribution in [3.63, 3.8) is 0 Å². The van der Waals surface area contributed by atoms with Crippen molar-refractivity contribution >= 4 is 23.5 Å². The van der Waals surface area contributed by atoms with Crippen LogP contribution in [0.3, 0.4) is 0 Å². The van der Waals surface area contributed by atoms with Gasteiger partial charge in [-0.05, 0) is 24.6 Å². The van der Waals surface area contributed by atoms with Crippen molar-refractivity contribution in [2.45, 2.75) is 18.2 Å². The van der Waals surface area contributed by atoms with Gasteiger partial charge in [-0.15, -0.1) is 0 Å². The molecule has 2 heterocycles. The molecule has 1 saturated heterocycles. The van der Waals surface area contributed by atoms with Gasteiger partial charge in [0.15, 0.2) is 11.5 Å². The lowest BCUT2D eigenvalue weighted by Gasteiger charge is -2.23. The summed E-state index contributed by atoms with van der Waals surface area (Å²) in [6, 6.07) is 6.56. The molecule has 104 valence electrons. The molecule has 0 amide bonds. The van der Waals surface area contributed by atoms with Crippen molar-refractivity contribution in [1.29, 1.82) is 0 Å². The first kappa shape index (κ1) is 13.5. The van der Waals surface area contributed by atoms with E-state index in [1.807, 2.05) is 6.07 Å². The molecule has 2 unspecified atom stereocenters. The molecule has 5 heteroatoms. The molecule has 2 aliphatic rings. The lowest BCUT2D eigenvalue weighted by molar-refractivity contribution is 0.174. The van der Waals surface area contributed by atoms with Crippen LogP contribution in [0.25, 0.3) is 0 Å². The first-order valence-electron chi connectivity index (χ1n) is 6.65. The first-order valence-corrected chi connectivity index (χ1v) is 8.85. The summed E-state index contributed by atoms with van der Waals surface area (Å²) in [5, 5.41) is 4.37. The molecule has 0 bridgehead atoms. The fraction of sp³-hybridized carbons (Fsp3) is 0.571. The average Bonchev–Trinajstić information content (AvgIpc) is 2.93. The van der Waals surface area contributed by atoms with E-state index in [1.165, 1.54) is 22.8 Å². The van der Waals surface area contributed by atoms with Crippen LogP contribution < -0.4 is 14.8 Å². The topological polar surface area (TPSA) is 30.5 Å². The van der Waals surface area contributed by atoms with E-state index in [0.717, 1.165) is 23.3 Å². The molecule has 3 rings (SSSR count). The Bertz CT molecular complexity index is 435. The fourth-order valence-corrected chi connectivity index (χ4v) is 4.89. The summed E-state index contributed by atoms with van der Waals surface area (Å²) in [5.74, 6) is 5.59. The number of thioether (sulfide) groups is 2. The molecule has 0 aromatic heterocycles. The van der Waals surface area contributed by atoms with Crippen LogP contribution >= 0.6 is 23.5 Å². The van der Waals surface area contributed by atoms with E-state index in [2.05, 4.69) is 47.9 Å². The standard InChI is InChI=1S/C14H19NO2S2/c1-10(15-7-12-8-18-4-5-19-12)11-2-3-13-14(6-11)17-9-16-13/h2-3,6,10,12,15H,4-5,7-9H2,1H3. The molecule has 1 aromatic carbocycles. The number of benzene rings is 1. The predicted octanol–water partition coefficient (Wildman–Crippen LogP) is 2.91. The minimum atomic E-state index is 0.344. The zero-order valence-electron chi connectivity index (χ0n) is 11.1. The SMILES string of the molecule is CC(NCC1CSCCS1)c1ccc2c(c1)OCO2. The Kier molecular flexibility index (Phi) is 4.45. The van der Waals surface area contributed by atoms with Crippen LogP contribution in [-0.4, -0.2) is 35.8 Å². The van der Waals surface area contributed by atoms with Crippen molar-refractivity contribution in [3.05, 3.63) is 23.8 Å². The Morgan fingerprint density at radius 3 is 3.05 bits per heavy atom. The summed E-state index contributed by atoms with van der Waals surface area (Å²) in [4.78, 5) is 0. The van der Waals surface area contributed by atoms with Gasteiger partial charge in [0.05, 0.1) is 0 Å². The normalized spacial score (nSPS) is 23.3. The third-order valence-electron chi connectivity index (χ3n) is 3.43. The molecule has 1 aromatic rings. The molecule has 0 aliphatic carbocycles. The van der Waals surface area contributed by atoms with Crippen molar-refractivity contribution in [2.24, 2.45) is 0 Å². The molecule has 0 radical (unpaired) electrons. The molecule has 0 saturated carbocycles. The van der Waals surface area contributed by atoms with Crippen LogP contribution in [0.5, 0.6) is 11.5 Å². The van der Waals surface area contributed by atoms with Crippen LogP contribution in [0.2, 0.25) is 0 Å². The van der Waals surface area contributed by atoms with Gasteiger partial charge in [-0.1, -0.05) is 6.07 Å². The zero-order chi connectivity index (χ0) is 13.1. The largest absolute Gasteiger partial charge is 0.454 e. The van der Waals surface area contributed by atoms with Crippen molar-refractivity contribution < 1.29 is 9.47 Å². The lowest BCUT2D eigenvalue weighted by atomic mass is 10.1. The number of rotatable bonds is 4.